The monoisotopic (exact) mass is 411 g/mol. The van der Waals surface area contributed by atoms with E-state index in [1.165, 1.54) is 22.5 Å². The molecule has 0 atom stereocenters. The molecule has 0 spiro atoms. The second-order valence-electron chi connectivity index (χ2n) is 6.19. The number of halogens is 3. The standard InChI is InChI=1S/C16H23F2N3O3S.ClH/c1-12-5-6-13(15(22)20-11-16(17,18)10-19)9-14(12)25(23,24)21-7-3-2-4-8-21;/h5-6,9H,2-4,7-8,10-11,19H2,1H3,(H,20,22);1H. The molecule has 1 saturated heterocycles. The Morgan fingerprint density at radius 2 is 1.88 bits per heavy atom. The summed E-state index contributed by atoms with van der Waals surface area (Å²) in [7, 11) is -3.71. The minimum Gasteiger partial charge on any atom is -0.346 e. The highest BCUT2D eigenvalue weighted by Gasteiger charge is 2.29. The molecule has 1 aliphatic heterocycles. The van der Waals surface area contributed by atoms with Crippen LogP contribution in [0.2, 0.25) is 0 Å². The van der Waals surface area contributed by atoms with E-state index in [1.807, 2.05) is 0 Å². The van der Waals surface area contributed by atoms with Crippen molar-refractivity contribution in [2.45, 2.75) is 37.0 Å². The predicted molar refractivity (Wildman–Crippen MR) is 97.4 cm³/mol. The van der Waals surface area contributed by atoms with Crippen LogP contribution in [-0.4, -0.2) is 50.7 Å². The third-order valence-electron chi connectivity index (χ3n) is 4.19. The Morgan fingerprint density at radius 3 is 2.46 bits per heavy atom. The molecule has 0 bridgehead atoms. The van der Waals surface area contributed by atoms with Crippen LogP contribution in [0.15, 0.2) is 23.1 Å². The number of carbonyl (C=O) groups excluding carboxylic acids is 1. The molecule has 0 aromatic heterocycles. The lowest BCUT2D eigenvalue weighted by Gasteiger charge is -2.26. The minimum absolute atomic E-state index is 0. The number of carbonyl (C=O) groups is 1. The molecule has 1 fully saturated rings. The van der Waals surface area contributed by atoms with E-state index < -0.39 is 34.9 Å². The Bertz CT molecular complexity index is 738. The van der Waals surface area contributed by atoms with Gasteiger partial charge >= 0.3 is 0 Å². The summed E-state index contributed by atoms with van der Waals surface area (Å²) >= 11 is 0. The molecule has 1 aromatic rings. The van der Waals surface area contributed by atoms with Gasteiger partial charge in [-0.25, -0.2) is 17.2 Å². The van der Waals surface area contributed by atoms with Crippen LogP contribution in [0, 0.1) is 6.92 Å². The number of sulfonamides is 1. The van der Waals surface area contributed by atoms with E-state index in [2.05, 4.69) is 5.32 Å². The summed E-state index contributed by atoms with van der Waals surface area (Å²) in [5.74, 6) is -3.97. The van der Waals surface area contributed by atoms with Gasteiger partial charge in [0.1, 0.15) is 0 Å². The van der Waals surface area contributed by atoms with Crippen molar-refractivity contribution in [2.24, 2.45) is 5.73 Å². The number of hydrogen-bond acceptors (Lipinski definition) is 4. The number of nitrogens with one attached hydrogen (secondary N) is 1. The lowest BCUT2D eigenvalue weighted by molar-refractivity contribution is 0.0118. The van der Waals surface area contributed by atoms with Gasteiger partial charge < -0.3 is 11.1 Å². The van der Waals surface area contributed by atoms with Crippen LogP contribution in [0.1, 0.15) is 35.2 Å². The highest BCUT2D eigenvalue weighted by Crippen LogP contribution is 2.24. The molecule has 0 saturated carbocycles. The highest BCUT2D eigenvalue weighted by atomic mass is 35.5. The number of piperidine rings is 1. The van der Waals surface area contributed by atoms with E-state index >= 15 is 0 Å². The van der Waals surface area contributed by atoms with Gasteiger partial charge in [0.15, 0.2) is 0 Å². The van der Waals surface area contributed by atoms with E-state index in [0.717, 1.165) is 19.3 Å². The Hall–Kier alpha value is -1.29. The first-order valence-corrected chi connectivity index (χ1v) is 9.58. The van der Waals surface area contributed by atoms with Gasteiger partial charge in [0.05, 0.1) is 18.0 Å². The van der Waals surface area contributed by atoms with E-state index in [-0.39, 0.29) is 22.9 Å². The number of alkyl halides is 2. The van der Waals surface area contributed by atoms with Crippen molar-refractivity contribution in [3.8, 4) is 0 Å². The Labute approximate surface area is 158 Å². The molecule has 0 aliphatic carbocycles. The average molecular weight is 412 g/mol. The van der Waals surface area contributed by atoms with Gasteiger partial charge in [-0.1, -0.05) is 12.5 Å². The SMILES string of the molecule is Cc1ccc(C(=O)NCC(F)(F)CN)cc1S(=O)(=O)N1CCCCC1.Cl. The first-order valence-electron chi connectivity index (χ1n) is 8.14. The lowest BCUT2D eigenvalue weighted by atomic mass is 10.1. The van der Waals surface area contributed by atoms with Crippen LogP contribution in [0.4, 0.5) is 8.78 Å². The fourth-order valence-electron chi connectivity index (χ4n) is 2.65. The molecule has 1 aliphatic rings. The van der Waals surface area contributed by atoms with Gasteiger partial charge in [0.25, 0.3) is 11.8 Å². The third kappa shape index (κ3) is 5.35. The largest absolute Gasteiger partial charge is 0.346 e. The van der Waals surface area contributed by atoms with E-state index in [0.29, 0.717) is 18.7 Å². The van der Waals surface area contributed by atoms with Crippen molar-refractivity contribution >= 4 is 28.3 Å². The Morgan fingerprint density at radius 1 is 1.27 bits per heavy atom. The molecule has 0 radical (unpaired) electrons. The topological polar surface area (TPSA) is 92.5 Å². The number of rotatable bonds is 6. The summed E-state index contributed by atoms with van der Waals surface area (Å²) in [5.41, 5.74) is 5.46. The summed E-state index contributed by atoms with van der Waals surface area (Å²) in [5, 5.41) is 2.09. The first kappa shape index (κ1) is 22.8. The summed E-state index contributed by atoms with van der Waals surface area (Å²) in [4.78, 5) is 12.1. The molecule has 10 heteroatoms. The number of nitrogens with zero attached hydrogens (tertiary/aromatic N) is 1. The maximum absolute atomic E-state index is 13.2. The van der Waals surface area contributed by atoms with Gasteiger partial charge in [0.2, 0.25) is 10.0 Å². The highest BCUT2D eigenvalue weighted by molar-refractivity contribution is 7.89. The van der Waals surface area contributed by atoms with Gasteiger partial charge in [-0.15, -0.1) is 12.4 Å². The summed E-state index contributed by atoms with van der Waals surface area (Å²) in [6, 6.07) is 4.17. The molecule has 3 N–H and O–H groups in total. The number of benzene rings is 1. The van der Waals surface area contributed by atoms with Crippen molar-refractivity contribution in [3.05, 3.63) is 29.3 Å². The number of nitrogens with two attached hydrogens (primary N) is 1. The van der Waals surface area contributed by atoms with Crippen LogP contribution < -0.4 is 11.1 Å². The van der Waals surface area contributed by atoms with Gasteiger partial charge in [-0.2, -0.15) is 4.31 Å². The lowest BCUT2D eigenvalue weighted by Crippen LogP contribution is -2.41. The zero-order chi connectivity index (χ0) is 18.7. The second kappa shape index (κ2) is 9.07. The second-order valence-corrected chi connectivity index (χ2v) is 8.09. The number of hydrogen-bond donors (Lipinski definition) is 2. The molecular formula is C16H24ClF2N3O3S. The number of aryl methyl sites for hydroxylation is 1. The van der Waals surface area contributed by atoms with Gasteiger partial charge in [-0.3, -0.25) is 4.79 Å². The van der Waals surface area contributed by atoms with Crippen LogP contribution in [0.5, 0.6) is 0 Å². The van der Waals surface area contributed by atoms with Crippen molar-refractivity contribution in [2.75, 3.05) is 26.2 Å². The smallest absolute Gasteiger partial charge is 0.277 e. The van der Waals surface area contributed by atoms with E-state index in [1.54, 1.807) is 6.92 Å². The summed E-state index contributed by atoms with van der Waals surface area (Å²) < 4.78 is 53.3. The first-order chi connectivity index (χ1) is 11.7. The van der Waals surface area contributed by atoms with Gasteiger partial charge in [0, 0.05) is 18.7 Å². The maximum Gasteiger partial charge on any atom is 0.277 e. The molecule has 1 amide bonds. The molecule has 1 heterocycles. The molecule has 0 unspecified atom stereocenters. The zero-order valence-electron chi connectivity index (χ0n) is 14.5. The van der Waals surface area contributed by atoms with E-state index in [9.17, 15) is 22.0 Å². The van der Waals surface area contributed by atoms with Crippen LogP contribution in [0.25, 0.3) is 0 Å². The van der Waals surface area contributed by atoms with Crippen LogP contribution in [0.3, 0.4) is 0 Å². The summed E-state index contributed by atoms with van der Waals surface area (Å²) in [6.07, 6.45) is 2.59. The van der Waals surface area contributed by atoms with Gasteiger partial charge in [-0.05, 0) is 37.5 Å². The van der Waals surface area contributed by atoms with Crippen LogP contribution >= 0.6 is 12.4 Å². The molecule has 26 heavy (non-hydrogen) atoms. The summed E-state index contributed by atoms with van der Waals surface area (Å²) in [6.45, 7) is 0.753. The van der Waals surface area contributed by atoms with E-state index in [4.69, 9.17) is 5.73 Å². The zero-order valence-corrected chi connectivity index (χ0v) is 16.1. The van der Waals surface area contributed by atoms with Crippen molar-refractivity contribution in [1.29, 1.82) is 0 Å². The quantitative estimate of drug-likeness (QED) is 0.747. The van der Waals surface area contributed by atoms with Crippen LogP contribution in [-0.2, 0) is 10.0 Å². The van der Waals surface area contributed by atoms with Crippen molar-refractivity contribution in [3.63, 3.8) is 0 Å². The Kier molecular flexibility index (Phi) is 7.94. The predicted octanol–water partition coefficient (Wildman–Crippen LogP) is 1.92. The fourth-order valence-corrected chi connectivity index (χ4v) is 4.42. The number of amides is 1. The molecular weight excluding hydrogens is 388 g/mol. The molecule has 2 rings (SSSR count). The molecule has 6 nitrogen and oxygen atoms in total. The fraction of sp³-hybridized carbons (Fsp3) is 0.562. The van der Waals surface area contributed by atoms with Crippen molar-refractivity contribution < 1.29 is 22.0 Å². The van der Waals surface area contributed by atoms with Crippen molar-refractivity contribution in [1.82, 2.24) is 9.62 Å². The average Bonchev–Trinajstić information content (AvgIpc) is 2.60. The molecule has 1 aromatic carbocycles. The normalized spacial score (nSPS) is 16.0. The minimum atomic E-state index is -3.71. The maximum atomic E-state index is 13.2. The Balaban J connectivity index is 0.00000338. The molecule has 148 valence electrons. The third-order valence-corrected chi connectivity index (χ3v) is 6.23.